The zero-order valence-electron chi connectivity index (χ0n) is 23.7. The third kappa shape index (κ3) is 6.26. The molecule has 2 aromatic carbocycles. The molecule has 0 atom stereocenters. The summed E-state index contributed by atoms with van der Waals surface area (Å²) < 4.78 is 63.2. The van der Waals surface area contributed by atoms with Crippen LogP contribution in [0.1, 0.15) is 21.6 Å². The van der Waals surface area contributed by atoms with Crippen LogP contribution in [-0.2, 0) is 6.54 Å². The fourth-order valence-corrected chi connectivity index (χ4v) is 5.27. The van der Waals surface area contributed by atoms with Gasteiger partial charge >= 0.3 is 12.3 Å². The molecule has 0 amide bonds. The predicted octanol–water partition coefficient (Wildman–Crippen LogP) is 4.82. The Labute approximate surface area is 244 Å². The molecule has 43 heavy (non-hydrogen) atoms. The van der Waals surface area contributed by atoms with Crippen LogP contribution >= 0.6 is 0 Å². The van der Waals surface area contributed by atoms with Crippen LogP contribution in [0.5, 0.6) is 5.75 Å². The number of halogens is 4. The Morgan fingerprint density at radius 1 is 1.05 bits per heavy atom. The maximum absolute atomic E-state index is 15.8. The van der Waals surface area contributed by atoms with Crippen LogP contribution in [0.25, 0.3) is 16.6 Å². The van der Waals surface area contributed by atoms with E-state index in [2.05, 4.69) is 9.72 Å². The smallest absolute Gasteiger partial charge is 0.477 e. The van der Waals surface area contributed by atoms with Gasteiger partial charge in [-0.25, -0.2) is 14.2 Å². The monoisotopic (exact) mass is 599 g/mol. The van der Waals surface area contributed by atoms with Crippen molar-refractivity contribution in [3.05, 3.63) is 87.6 Å². The number of ether oxygens (including phenoxy) is 1. The highest BCUT2D eigenvalue weighted by Gasteiger charge is 2.37. The molecular weight excluding hydrogens is 570 g/mol. The summed E-state index contributed by atoms with van der Waals surface area (Å²) in [6, 6.07) is 12.9. The van der Waals surface area contributed by atoms with Crippen molar-refractivity contribution >= 4 is 28.4 Å². The van der Waals surface area contributed by atoms with Crippen LogP contribution in [0.2, 0.25) is 0 Å². The van der Waals surface area contributed by atoms with Crippen molar-refractivity contribution in [2.24, 2.45) is 0 Å². The molecule has 0 spiro atoms. The second-order valence-corrected chi connectivity index (χ2v) is 10.5. The standard InChI is InChI=1S/C30H29F4N5O4/c1-18-5-4-6-24(35-18)37-11-13-38(14-12-37)26-23(31)15-21-25(28(26)43-30(32,33)34)39(17-22(27(21)40)29(41)42)20-9-7-19(8-10-20)16-36(2)3/h4-10,15,17H,11-14,16H2,1-3H3,(H,41,42). The summed E-state index contributed by atoms with van der Waals surface area (Å²) in [7, 11) is 3.74. The third-order valence-electron chi connectivity index (χ3n) is 7.13. The number of carboxylic acid groups (broad SMARTS) is 1. The molecule has 0 saturated carbocycles. The highest BCUT2D eigenvalue weighted by molar-refractivity contribution is 5.98. The number of aromatic carboxylic acids is 1. The minimum Gasteiger partial charge on any atom is -0.477 e. The number of fused-ring (bicyclic) bond motifs is 1. The zero-order valence-corrected chi connectivity index (χ0v) is 23.7. The maximum atomic E-state index is 15.8. The van der Waals surface area contributed by atoms with E-state index >= 15 is 4.39 Å². The number of alkyl halides is 3. The van der Waals surface area contributed by atoms with Crippen LogP contribution in [0.3, 0.4) is 0 Å². The first kappa shape index (κ1) is 29.8. The topological polar surface area (TPSA) is 91.1 Å². The van der Waals surface area contributed by atoms with Gasteiger partial charge in [0.25, 0.3) is 0 Å². The molecule has 0 bridgehead atoms. The summed E-state index contributed by atoms with van der Waals surface area (Å²) in [6.07, 6.45) is -4.30. The fourth-order valence-electron chi connectivity index (χ4n) is 5.27. The van der Waals surface area contributed by atoms with Crippen LogP contribution in [0, 0.1) is 12.7 Å². The van der Waals surface area contributed by atoms with Gasteiger partial charge in [0, 0.05) is 50.3 Å². The van der Waals surface area contributed by atoms with E-state index in [0.29, 0.717) is 25.5 Å². The molecule has 0 radical (unpaired) electrons. The fraction of sp³-hybridized carbons (Fsp3) is 0.300. The van der Waals surface area contributed by atoms with Gasteiger partial charge in [0.2, 0.25) is 5.43 Å². The molecule has 9 nitrogen and oxygen atoms in total. The normalized spacial score (nSPS) is 14.0. The largest absolute Gasteiger partial charge is 0.573 e. The van der Waals surface area contributed by atoms with Crippen molar-refractivity contribution in [3.63, 3.8) is 0 Å². The molecule has 2 aromatic heterocycles. The van der Waals surface area contributed by atoms with Crippen LogP contribution in [0.15, 0.2) is 59.5 Å². The van der Waals surface area contributed by atoms with E-state index in [-0.39, 0.29) is 18.8 Å². The lowest BCUT2D eigenvalue weighted by Crippen LogP contribution is -2.47. The van der Waals surface area contributed by atoms with Crippen molar-refractivity contribution in [2.75, 3.05) is 50.1 Å². The summed E-state index contributed by atoms with van der Waals surface area (Å²) in [5.74, 6) is -2.97. The number of carboxylic acids is 1. The number of carbonyl (C=O) groups is 1. The molecule has 226 valence electrons. The average molecular weight is 600 g/mol. The Hall–Kier alpha value is -4.65. The highest BCUT2D eigenvalue weighted by Crippen LogP contribution is 2.42. The number of hydrogen-bond donors (Lipinski definition) is 1. The lowest BCUT2D eigenvalue weighted by molar-refractivity contribution is -0.274. The molecule has 0 unspecified atom stereocenters. The lowest BCUT2D eigenvalue weighted by Gasteiger charge is -2.37. The number of aromatic nitrogens is 2. The van der Waals surface area contributed by atoms with E-state index in [9.17, 15) is 27.9 Å². The molecule has 3 heterocycles. The maximum Gasteiger partial charge on any atom is 0.573 e. The van der Waals surface area contributed by atoms with Gasteiger partial charge in [0.05, 0.1) is 5.39 Å². The third-order valence-corrected chi connectivity index (χ3v) is 7.13. The van der Waals surface area contributed by atoms with Gasteiger partial charge in [-0.05, 0) is 56.9 Å². The Morgan fingerprint density at radius 3 is 2.28 bits per heavy atom. The van der Waals surface area contributed by atoms with Crippen LogP contribution in [0.4, 0.5) is 29.1 Å². The molecule has 1 aliphatic heterocycles. The Bertz CT molecular complexity index is 1730. The molecule has 1 saturated heterocycles. The Balaban J connectivity index is 1.69. The Kier molecular flexibility index (Phi) is 8.02. The number of piperazine rings is 1. The summed E-state index contributed by atoms with van der Waals surface area (Å²) >= 11 is 0. The predicted molar refractivity (Wildman–Crippen MR) is 154 cm³/mol. The summed E-state index contributed by atoms with van der Waals surface area (Å²) in [5.41, 5.74) is -0.777. The molecule has 5 rings (SSSR count). The van der Waals surface area contributed by atoms with Crippen molar-refractivity contribution < 1.29 is 32.2 Å². The molecule has 1 N–H and O–H groups in total. The lowest BCUT2D eigenvalue weighted by atomic mass is 10.1. The van der Waals surface area contributed by atoms with Gasteiger partial charge in [-0.2, -0.15) is 0 Å². The van der Waals surface area contributed by atoms with Gasteiger partial charge in [0.1, 0.15) is 22.6 Å². The minimum atomic E-state index is -5.25. The summed E-state index contributed by atoms with van der Waals surface area (Å²) in [6.45, 7) is 3.34. The second kappa shape index (κ2) is 11.6. The summed E-state index contributed by atoms with van der Waals surface area (Å²) in [4.78, 5) is 34.9. The number of pyridine rings is 2. The quantitative estimate of drug-likeness (QED) is 0.303. The molecule has 4 aromatic rings. The van der Waals surface area contributed by atoms with Gasteiger partial charge in [0.15, 0.2) is 11.6 Å². The van der Waals surface area contributed by atoms with Crippen molar-refractivity contribution in [2.45, 2.75) is 19.8 Å². The van der Waals surface area contributed by atoms with E-state index in [1.54, 1.807) is 24.3 Å². The zero-order chi connectivity index (χ0) is 31.1. The molecule has 1 aliphatic rings. The molecule has 0 aliphatic carbocycles. The number of anilines is 2. The SMILES string of the molecule is Cc1cccc(N2CCN(c3c(F)cc4c(=O)c(C(=O)O)cn(-c5ccc(CN(C)C)cc5)c4c3OC(F)(F)F)CC2)n1. The first-order chi connectivity index (χ1) is 20.3. The highest BCUT2D eigenvalue weighted by atomic mass is 19.4. The molecule has 13 heteroatoms. The van der Waals surface area contributed by atoms with E-state index in [4.69, 9.17) is 0 Å². The van der Waals surface area contributed by atoms with Gasteiger partial charge in [-0.3, -0.25) is 4.79 Å². The van der Waals surface area contributed by atoms with Crippen LogP contribution < -0.4 is 20.0 Å². The molecular formula is C30H29F4N5O4. The average Bonchev–Trinajstić information content (AvgIpc) is 2.93. The van der Waals surface area contributed by atoms with Crippen molar-refractivity contribution in [1.29, 1.82) is 0 Å². The van der Waals surface area contributed by atoms with E-state index in [1.807, 2.05) is 49.0 Å². The van der Waals surface area contributed by atoms with Gasteiger partial charge in [-0.1, -0.05) is 18.2 Å². The first-order valence-electron chi connectivity index (χ1n) is 13.4. The van der Waals surface area contributed by atoms with Gasteiger partial charge < -0.3 is 29.1 Å². The number of benzene rings is 2. The summed E-state index contributed by atoms with van der Waals surface area (Å²) in [5, 5.41) is 9.16. The first-order valence-corrected chi connectivity index (χ1v) is 13.4. The minimum absolute atomic E-state index is 0.128. The number of rotatable bonds is 7. The second-order valence-electron chi connectivity index (χ2n) is 10.5. The van der Waals surface area contributed by atoms with Gasteiger partial charge in [-0.15, -0.1) is 13.2 Å². The van der Waals surface area contributed by atoms with Crippen LogP contribution in [-0.4, -0.2) is 72.2 Å². The van der Waals surface area contributed by atoms with E-state index in [1.165, 1.54) is 4.90 Å². The van der Waals surface area contributed by atoms with E-state index < -0.39 is 51.5 Å². The van der Waals surface area contributed by atoms with E-state index in [0.717, 1.165) is 28.1 Å². The number of nitrogens with zero attached hydrogens (tertiary/aromatic N) is 5. The van der Waals surface area contributed by atoms with Crippen molar-refractivity contribution in [1.82, 2.24) is 14.5 Å². The Morgan fingerprint density at radius 2 is 1.70 bits per heavy atom. The molecule has 1 fully saturated rings. The number of hydrogen-bond acceptors (Lipinski definition) is 7. The number of aryl methyl sites for hydroxylation is 1. The van der Waals surface area contributed by atoms with Crippen molar-refractivity contribution in [3.8, 4) is 11.4 Å².